The second-order valence-corrected chi connectivity index (χ2v) is 7.24. The Kier molecular flexibility index (Phi) is 5.09. The molecule has 2 rings (SSSR count). The summed E-state index contributed by atoms with van der Waals surface area (Å²) in [7, 11) is 0. The van der Waals surface area contributed by atoms with Gasteiger partial charge in [0.1, 0.15) is 17.1 Å². The van der Waals surface area contributed by atoms with Crippen LogP contribution in [0.25, 0.3) is 0 Å². The molecule has 0 spiro atoms. The number of hydrogen-bond donors (Lipinski definition) is 0. The monoisotopic (exact) mass is 352 g/mol. The molecule has 1 heterocycles. The van der Waals surface area contributed by atoms with Crippen molar-refractivity contribution in [2.75, 3.05) is 0 Å². The SMILES string of the molecule is CC(C)=C1Oc2cccc(OC(C)CCC(C)Br)c2C1=O. The number of rotatable bonds is 5. The van der Waals surface area contributed by atoms with Gasteiger partial charge in [-0.3, -0.25) is 4.79 Å². The lowest BCUT2D eigenvalue weighted by molar-refractivity contribution is 0.100. The molecule has 0 bridgehead atoms. The lowest BCUT2D eigenvalue weighted by Crippen LogP contribution is -2.14. The first-order chi connectivity index (χ1) is 9.90. The van der Waals surface area contributed by atoms with Crippen LogP contribution in [0.3, 0.4) is 0 Å². The molecule has 0 aromatic heterocycles. The van der Waals surface area contributed by atoms with Crippen molar-refractivity contribution >= 4 is 21.7 Å². The predicted octanol–water partition coefficient (Wildman–Crippen LogP) is 4.89. The van der Waals surface area contributed by atoms with E-state index in [4.69, 9.17) is 9.47 Å². The molecular weight excluding hydrogens is 332 g/mol. The highest BCUT2D eigenvalue weighted by molar-refractivity contribution is 9.09. The standard InChI is InChI=1S/C17H21BrO3/c1-10(2)17-16(19)15-13(6-5-7-14(15)21-17)20-12(4)9-8-11(3)18/h5-7,11-12H,8-9H2,1-4H3. The van der Waals surface area contributed by atoms with E-state index < -0.39 is 0 Å². The summed E-state index contributed by atoms with van der Waals surface area (Å²) in [5.74, 6) is 1.54. The Labute approximate surface area is 134 Å². The molecule has 21 heavy (non-hydrogen) atoms. The summed E-state index contributed by atoms with van der Waals surface area (Å²) in [5, 5.41) is 0. The summed E-state index contributed by atoms with van der Waals surface area (Å²) in [5.41, 5.74) is 1.43. The van der Waals surface area contributed by atoms with Gasteiger partial charge in [-0.15, -0.1) is 0 Å². The van der Waals surface area contributed by atoms with Crippen molar-refractivity contribution in [2.24, 2.45) is 0 Å². The Morgan fingerprint density at radius 3 is 2.62 bits per heavy atom. The van der Waals surface area contributed by atoms with Gasteiger partial charge < -0.3 is 9.47 Å². The molecular formula is C17H21BrO3. The van der Waals surface area contributed by atoms with Crippen LogP contribution in [-0.4, -0.2) is 16.7 Å². The van der Waals surface area contributed by atoms with Gasteiger partial charge in [0.2, 0.25) is 5.78 Å². The normalized spacial score (nSPS) is 16.2. The quantitative estimate of drug-likeness (QED) is 0.559. The predicted molar refractivity (Wildman–Crippen MR) is 87.5 cm³/mol. The van der Waals surface area contributed by atoms with Gasteiger partial charge in [-0.1, -0.05) is 28.9 Å². The Morgan fingerprint density at radius 2 is 2.00 bits per heavy atom. The zero-order valence-electron chi connectivity index (χ0n) is 12.9. The molecule has 0 N–H and O–H groups in total. The van der Waals surface area contributed by atoms with Gasteiger partial charge in [0.05, 0.1) is 6.10 Å². The molecule has 1 aromatic carbocycles. The second-order valence-electron chi connectivity index (χ2n) is 5.68. The molecule has 0 saturated carbocycles. The molecule has 0 saturated heterocycles. The summed E-state index contributed by atoms with van der Waals surface area (Å²) in [6, 6.07) is 5.50. The Hall–Kier alpha value is -1.29. The fourth-order valence-corrected chi connectivity index (χ4v) is 2.52. The fourth-order valence-electron chi connectivity index (χ4n) is 2.26. The van der Waals surface area contributed by atoms with Crippen molar-refractivity contribution in [2.45, 2.75) is 51.5 Å². The first kappa shape index (κ1) is 16.1. The highest BCUT2D eigenvalue weighted by Crippen LogP contribution is 2.38. The average Bonchev–Trinajstić information content (AvgIpc) is 2.75. The molecule has 0 aliphatic carbocycles. The van der Waals surface area contributed by atoms with Gasteiger partial charge in [-0.05, 0) is 51.3 Å². The molecule has 4 heteroatoms. The molecule has 0 fully saturated rings. The van der Waals surface area contributed by atoms with Crippen LogP contribution in [0.1, 0.15) is 50.9 Å². The molecule has 114 valence electrons. The van der Waals surface area contributed by atoms with Gasteiger partial charge in [-0.25, -0.2) is 0 Å². The lowest BCUT2D eigenvalue weighted by Gasteiger charge is -2.16. The zero-order valence-corrected chi connectivity index (χ0v) is 14.5. The minimum absolute atomic E-state index is 0.0556. The average molecular weight is 353 g/mol. The molecule has 2 unspecified atom stereocenters. The number of carbonyl (C=O) groups excluding carboxylic acids is 1. The van der Waals surface area contributed by atoms with E-state index in [1.165, 1.54) is 0 Å². The van der Waals surface area contributed by atoms with Crippen LogP contribution in [0.2, 0.25) is 0 Å². The number of ether oxygens (including phenoxy) is 2. The second kappa shape index (κ2) is 6.65. The number of alkyl halides is 1. The van der Waals surface area contributed by atoms with Crippen LogP contribution < -0.4 is 9.47 Å². The molecule has 1 aliphatic rings. The first-order valence-corrected chi connectivity index (χ1v) is 8.15. The van der Waals surface area contributed by atoms with Crippen LogP contribution in [0, 0.1) is 0 Å². The van der Waals surface area contributed by atoms with E-state index in [1.807, 2.05) is 32.9 Å². The van der Waals surface area contributed by atoms with Crippen LogP contribution >= 0.6 is 15.9 Å². The number of Topliss-reactive ketones (excluding diaryl/α,β-unsaturated/α-hetero) is 1. The minimum Gasteiger partial charge on any atom is -0.490 e. The van der Waals surface area contributed by atoms with Crippen molar-refractivity contribution in [1.29, 1.82) is 0 Å². The van der Waals surface area contributed by atoms with E-state index in [-0.39, 0.29) is 11.9 Å². The number of benzene rings is 1. The largest absolute Gasteiger partial charge is 0.490 e. The smallest absolute Gasteiger partial charge is 0.235 e. The van der Waals surface area contributed by atoms with E-state index in [2.05, 4.69) is 22.9 Å². The van der Waals surface area contributed by atoms with E-state index in [0.717, 1.165) is 18.4 Å². The number of fused-ring (bicyclic) bond motifs is 1. The van der Waals surface area contributed by atoms with Crippen LogP contribution in [0.4, 0.5) is 0 Å². The third-order valence-corrected chi connectivity index (χ3v) is 3.84. The van der Waals surface area contributed by atoms with Crippen molar-refractivity contribution in [3.05, 3.63) is 35.1 Å². The third kappa shape index (κ3) is 3.67. The van der Waals surface area contributed by atoms with Crippen molar-refractivity contribution in [3.63, 3.8) is 0 Å². The Balaban J connectivity index is 2.20. The van der Waals surface area contributed by atoms with Gasteiger partial charge >= 0.3 is 0 Å². The first-order valence-electron chi connectivity index (χ1n) is 7.24. The topological polar surface area (TPSA) is 35.5 Å². The maximum Gasteiger partial charge on any atom is 0.235 e. The zero-order chi connectivity index (χ0) is 15.6. The molecule has 0 amide bonds. The maximum atomic E-state index is 12.4. The van der Waals surface area contributed by atoms with E-state index >= 15 is 0 Å². The summed E-state index contributed by atoms with van der Waals surface area (Å²) >= 11 is 3.54. The molecule has 1 aliphatic heterocycles. The van der Waals surface area contributed by atoms with Crippen molar-refractivity contribution in [1.82, 2.24) is 0 Å². The maximum absolute atomic E-state index is 12.4. The van der Waals surface area contributed by atoms with Gasteiger partial charge in [0, 0.05) is 4.83 Å². The highest BCUT2D eigenvalue weighted by atomic mass is 79.9. The van der Waals surface area contributed by atoms with Crippen LogP contribution in [-0.2, 0) is 0 Å². The summed E-state index contributed by atoms with van der Waals surface area (Å²) in [4.78, 5) is 12.9. The van der Waals surface area contributed by atoms with E-state index in [1.54, 1.807) is 6.07 Å². The number of hydrogen-bond acceptors (Lipinski definition) is 3. The van der Waals surface area contributed by atoms with Crippen LogP contribution in [0.5, 0.6) is 11.5 Å². The van der Waals surface area contributed by atoms with E-state index in [9.17, 15) is 4.79 Å². The number of ketones is 1. The van der Waals surface area contributed by atoms with Gasteiger partial charge in [0.15, 0.2) is 5.76 Å². The number of allylic oxidation sites excluding steroid dienone is 2. The highest BCUT2D eigenvalue weighted by Gasteiger charge is 2.32. The van der Waals surface area contributed by atoms with Crippen molar-refractivity contribution < 1.29 is 14.3 Å². The summed E-state index contributed by atoms with van der Waals surface area (Å²) in [6.07, 6.45) is 2.01. The summed E-state index contributed by atoms with van der Waals surface area (Å²) in [6.45, 7) is 7.89. The van der Waals surface area contributed by atoms with Gasteiger partial charge in [-0.2, -0.15) is 0 Å². The molecule has 1 aromatic rings. The molecule has 3 nitrogen and oxygen atoms in total. The van der Waals surface area contributed by atoms with Crippen LogP contribution in [0.15, 0.2) is 29.5 Å². The fraction of sp³-hybridized carbons (Fsp3) is 0.471. The number of carbonyl (C=O) groups is 1. The van der Waals surface area contributed by atoms with Gasteiger partial charge in [0.25, 0.3) is 0 Å². The Bertz CT molecular complexity index is 571. The molecule has 2 atom stereocenters. The van der Waals surface area contributed by atoms with Crippen molar-refractivity contribution in [3.8, 4) is 11.5 Å². The summed E-state index contributed by atoms with van der Waals surface area (Å²) < 4.78 is 11.6. The lowest BCUT2D eigenvalue weighted by atomic mass is 10.1. The number of halogens is 1. The Morgan fingerprint density at radius 1 is 1.29 bits per heavy atom. The third-order valence-electron chi connectivity index (χ3n) is 3.39. The van der Waals surface area contributed by atoms with E-state index in [0.29, 0.717) is 27.6 Å². The molecule has 0 radical (unpaired) electrons. The minimum atomic E-state index is -0.0818.